The molecule has 0 aliphatic rings. The van der Waals surface area contributed by atoms with E-state index in [1.165, 1.54) is 10.9 Å². The number of amides is 1. The van der Waals surface area contributed by atoms with Crippen LogP contribution in [0, 0.1) is 6.92 Å². The summed E-state index contributed by atoms with van der Waals surface area (Å²) in [4.78, 5) is 26.2. The fourth-order valence-corrected chi connectivity index (χ4v) is 3.71. The van der Waals surface area contributed by atoms with Crippen LogP contribution >= 0.6 is 11.6 Å². The molecule has 0 spiro atoms. The predicted molar refractivity (Wildman–Crippen MR) is 147 cm³/mol. The van der Waals surface area contributed by atoms with Crippen molar-refractivity contribution < 1.29 is 19.0 Å². The molecule has 196 valence electrons. The number of nitrogens with zero attached hydrogens (tertiary/aromatic N) is 2. The molecule has 2 N–H and O–H groups in total. The number of rotatable bonds is 10. The highest BCUT2D eigenvalue weighted by Gasteiger charge is 2.17. The number of halogens is 1. The summed E-state index contributed by atoms with van der Waals surface area (Å²) in [5, 5.41) is 10.8. The van der Waals surface area contributed by atoms with Gasteiger partial charge in [0.2, 0.25) is 0 Å². The average Bonchev–Trinajstić information content (AvgIpc) is 2.93. The SMILES string of the molecule is COCCNC(=O)c1cccc(Nc2c(Oc3ccc(Cl)c(C)c3)cnn(-c3ccc(OC)cc3)c2=O)c1. The first-order chi connectivity index (χ1) is 18.4. The summed E-state index contributed by atoms with van der Waals surface area (Å²) in [5.41, 5.74) is 2.00. The maximum Gasteiger partial charge on any atom is 0.299 e. The highest BCUT2D eigenvalue weighted by Crippen LogP contribution is 2.31. The Morgan fingerprint density at radius 1 is 1.03 bits per heavy atom. The average molecular weight is 535 g/mol. The summed E-state index contributed by atoms with van der Waals surface area (Å²) in [5.74, 6) is 1.09. The van der Waals surface area contributed by atoms with Crippen LogP contribution in [0.15, 0.2) is 77.7 Å². The number of ether oxygens (including phenoxy) is 3. The lowest BCUT2D eigenvalue weighted by Gasteiger charge is -2.15. The third-order valence-electron chi connectivity index (χ3n) is 5.60. The van der Waals surface area contributed by atoms with Crippen LogP contribution in [0.25, 0.3) is 5.69 Å². The topological polar surface area (TPSA) is 104 Å². The molecule has 0 fully saturated rings. The van der Waals surface area contributed by atoms with E-state index in [9.17, 15) is 9.59 Å². The van der Waals surface area contributed by atoms with Gasteiger partial charge in [0, 0.05) is 29.9 Å². The fraction of sp³-hybridized carbons (Fsp3) is 0.179. The third kappa shape index (κ3) is 6.31. The Labute approximate surface area is 224 Å². The van der Waals surface area contributed by atoms with E-state index < -0.39 is 5.56 Å². The van der Waals surface area contributed by atoms with Gasteiger partial charge in [0.25, 0.3) is 11.5 Å². The highest BCUT2D eigenvalue weighted by molar-refractivity contribution is 6.31. The Balaban J connectivity index is 1.72. The molecule has 0 saturated heterocycles. The number of methoxy groups -OCH3 is 2. The molecular formula is C28H27ClN4O5. The zero-order valence-corrected chi connectivity index (χ0v) is 21.9. The number of hydrogen-bond donors (Lipinski definition) is 2. The van der Waals surface area contributed by atoms with Gasteiger partial charge in [-0.25, -0.2) is 0 Å². The lowest BCUT2D eigenvalue weighted by molar-refractivity contribution is 0.0937. The lowest BCUT2D eigenvalue weighted by Crippen LogP contribution is -2.27. The molecule has 1 heterocycles. The van der Waals surface area contributed by atoms with Gasteiger partial charge < -0.3 is 24.8 Å². The number of anilines is 2. The van der Waals surface area contributed by atoms with E-state index in [1.807, 2.05) is 6.92 Å². The Kier molecular flexibility index (Phi) is 8.62. The molecule has 0 radical (unpaired) electrons. The van der Waals surface area contributed by atoms with Crippen molar-refractivity contribution in [2.24, 2.45) is 0 Å². The first kappa shape index (κ1) is 26.7. The summed E-state index contributed by atoms with van der Waals surface area (Å²) in [6.07, 6.45) is 1.46. The zero-order chi connectivity index (χ0) is 27.1. The molecule has 10 heteroatoms. The standard InChI is InChI=1S/C28H27ClN4O5/c1-18-15-23(11-12-24(18)29)38-25-17-31-33(21-7-9-22(37-3)10-8-21)28(35)26(25)32-20-6-4-5-19(16-20)27(34)30-13-14-36-2/h4-12,15-17,32H,13-14H2,1-3H3,(H,30,34). The van der Waals surface area contributed by atoms with Gasteiger partial charge in [0.15, 0.2) is 11.4 Å². The minimum atomic E-state index is -0.451. The summed E-state index contributed by atoms with van der Waals surface area (Å²) in [7, 11) is 3.13. The monoisotopic (exact) mass is 534 g/mol. The van der Waals surface area contributed by atoms with Crippen LogP contribution in [0.2, 0.25) is 5.02 Å². The number of carbonyl (C=O) groups is 1. The zero-order valence-electron chi connectivity index (χ0n) is 21.2. The largest absolute Gasteiger partial charge is 0.497 e. The van der Waals surface area contributed by atoms with E-state index >= 15 is 0 Å². The van der Waals surface area contributed by atoms with Crippen molar-refractivity contribution in [1.29, 1.82) is 0 Å². The number of carbonyl (C=O) groups excluding carboxylic acids is 1. The Morgan fingerprint density at radius 2 is 1.79 bits per heavy atom. The number of benzene rings is 3. The van der Waals surface area contributed by atoms with Crippen molar-refractivity contribution in [3.05, 3.63) is 99.4 Å². The van der Waals surface area contributed by atoms with Crippen molar-refractivity contribution in [1.82, 2.24) is 15.1 Å². The van der Waals surface area contributed by atoms with E-state index in [0.29, 0.717) is 46.6 Å². The fourth-order valence-electron chi connectivity index (χ4n) is 3.60. The van der Waals surface area contributed by atoms with E-state index in [0.717, 1.165) is 5.56 Å². The lowest BCUT2D eigenvalue weighted by atomic mass is 10.2. The molecule has 1 amide bonds. The van der Waals surface area contributed by atoms with Gasteiger partial charge in [-0.1, -0.05) is 17.7 Å². The van der Waals surface area contributed by atoms with Crippen molar-refractivity contribution in [3.8, 4) is 22.9 Å². The number of aromatic nitrogens is 2. The Bertz CT molecular complexity index is 1490. The van der Waals surface area contributed by atoms with E-state index in [-0.39, 0.29) is 17.3 Å². The highest BCUT2D eigenvalue weighted by atomic mass is 35.5. The molecule has 4 rings (SSSR count). The smallest absolute Gasteiger partial charge is 0.299 e. The second kappa shape index (κ2) is 12.3. The van der Waals surface area contributed by atoms with E-state index in [4.69, 9.17) is 25.8 Å². The van der Waals surface area contributed by atoms with Crippen molar-refractivity contribution in [2.45, 2.75) is 6.92 Å². The molecule has 0 atom stereocenters. The maximum absolute atomic E-state index is 13.7. The first-order valence-electron chi connectivity index (χ1n) is 11.7. The van der Waals surface area contributed by atoms with Crippen molar-refractivity contribution in [2.75, 3.05) is 32.7 Å². The van der Waals surface area contributed by atoms with Gasteiger partial charge in [-0.15, -0.1) is 0 Å². The summed E-state index contributed by atoms with van der Waals surface area (Å²) in [6, 6.07) is 18.9. The van der Waals surface area contributed by atoms with Gasteiger partial charge in [-0.05, 0) is 73.2 Å². The summed E-state index contributed by atoms with van der Waals surface area (Å²) < 4.78 is 17.5. The molecule has 0 aliphatic heterocycles. The number of hydrogen-bond acceptors (Lipinski definition) is 7. The predicted octanol–water partition coefficient (Wildman–Crippen LogP) is 5.12. The molecule has 0 unspecified atom stereocenters. The quantitative estimate of drug-likeness (QED) is 0.272. The van der Waals surface area contributed by atoms with Crippen LogP contribution < -0.4 is 25.7 Å². The van der Waals surface area contributed by atoms with Crippen LogP contribution in [0.4, 0.5) is 11.4 Å². The van der Waals surface area contributed by atoms with Crippen LogP contribution in [0.1, 0.15) is 15.9 Å². The molecular weight excluding hydrogens is 508 g/mol. The molecule has 1 aromatic heterocycles. The van der Waals surface area contributed by atoms with Gasteiger partial charge in [0.05, 0.1) is 25.6 Å². The van der Waals surface area contributed by atoms with Gasteiger partial charge >= 0.3 is 0 Å². The molecule has 9 nitrogen and oxygen atoms in total. The van der Waals surface area contributed by atoms with Gasteiger partial charge in [-0.3, -0.25) is 9.59 Å². The molecule has 0 saturated carbocycles. The van der Waals surface area contributed by atoms with Crippen LogP contribution in [-0.2, 0) is 4.74 Å². The second-order valence-electron chi connectivity index (χ2n) is 8.27. The van der Waals surface area contributed by atoms with Crippen molar-refractivity contribution >= 4 is 28.9 Å². The Morgan fingerprint density at radius 3 is 2.50 bits per heavy atom. The summed E-state index contributed by atoms with van der Waals surface area (Å²) in [6.45, 7) is 2.64. The molecule has 4 aromatic rings. The van der Waals surface area contributed by atoms with Crippen molar-refractivity contribution in [3.63, 3.8) is 0 Å². The molecule has 0 bridgehead atoms. The van der Waals surface area contributed by atoms with Crippen LogP contribution in [0.3, 0.4) is 0 Å². The second-order valence-corrected chi connectivity index (χ2v) is 8.67. The minimum Gasteiger partial charge on any atom is -0.497 e. The van der Waals surface area contributed by atoms with E-state index in [2.05, 4.69) is 15.7 Å². The number of aryl methyl sites for hydroxylation is 1. The molecule has 38 heavy (non-hydrogen) atoms. The van der Waals surface area contributed by atoms with Gasteiger partial charge in [0.1, 0.15) is 11.5 Å². The summed E-state index contributed by atoms with van der Waals surface area (Å²) >= 11 is 6.16. The number of nitrogens with one attached hydrogen (secondary N) is 2. The van der Waals surface area contributed by atoms with Crippen LogP contribution in [0.5, 0.6) is 17.2 Å². The van der Waals surface area contributed by atoms with Crippen LogP contribution in [-0.4, -0.2) is 43.1 Å². The van der Waals surface area contributed by atoms with E-state index in [1.54, 1.807) is 80.9 Å². The third-order valence-corrected chi connectivity index (χ3v) is 6.03. The first-order valence-corrected chi connectivity index (χ1v) is 12.1. The Hall–Kier alpha value is -4.34. The molecule has 3 aromatic carbocycles. The molecule has 0 aliphatic carbocycles. The maximum atomic E-state index is 13.7. The normalized spacial score (nSPS) is 10.6. The minimum absolute atomic E-state index is 0.139. The van der Waals surface area contributed by atoms with Gasteiger partial charge in [-0.2, -0.15) is 9.78 Å².